The van der Waals surface area contributed by atoms with E-state index in [1.54, 1.807) is 32.4 Å². The molecule has 0 spiro atoms. The Morgan fingerprint density at radius 2 is 1.38 bits per heavy atom. The molecule has 1 unspecified atom stereocenters. The first-order valence-electron chi connectivity index (χ1n) is 23.7. The molecular weight excluding hydrogens is 979 g/mol. The van der Waals surface area contributed by atoms with Gasteiger partial charge in [-0.2, -0.15) is 16.8 Å². The van der Waals surface area contributed by atoms with Crippen LogP contribution in [0.5, 0.6) is 11.8 Å². The highest BCUT2D eigenvalue weighted by molar-refractivity contribution is 7.86. The second kappa shape index (κ2) is 26.7. The smallest absolute Gasteiger partial charge is 0.333 e. The quantitative estimate of drug-likeness (QED) is 0.0303. The summed E-state index contributed by atoms with van der Waals surface area (Å²) in [7, 11) is -5.77. The molecule has 398 valence electrons. The minimum absolute atomic E-state index is 0.00914. The van der Waals surface area contributed by atoms with Crippen LogP contribution in [0.25, 0.3) is 17.4 Å². The summed E-state index contributed by atoms with van der Waals surface area (Å²) in [5.41, 5.74) is 2.13. The SMILES string of the molecule is COCCOCCOCC[N+](CCOCCOCCOC)=c1ccc2c(C(C)(C)C)cc(C=CC=C3N(CCCS(=O)(=O)O)c4ccc(S(=O)(=O)O)cc4C3(C)CCCC(=O)On3c(O)ccc3O)oc-2c1. The van der Waals surface area contributed by atoms with E-state index in [1.807, 2.05) is 36.1 Å². The van der Waals surface area contributed by atoms with Crippen molar-refractivity contribution in [2.75, 3.05) is 111 Å². The van der Waals surface area contributed by atoms with Gasteiger partial charge in [0, 0.05) is 67.7 Å². The second-order valence-electron chi connectivity index (χ2n) is 18.3. The van der Waals surface area contributed by atoms with Crippen LogP contribution in [0, 0.1) is 0 Å². The van der Waals surface area contributed by atoms with E-state index in [0.717, 1.165) is 28.6 Å². The summed E-state index contributed by atoms with van der Waals surface area (Å²) in [5, 5.41) is 20.9. The molecule has 0 amide bonds. The summed E-state index contributed by atoms with van der Waals surface area (Å²) in [6.45, 7) is 13.9. The number of carbonyl (C=O) groups excluding carboxylic acids is 1. The molecular formula is C50H70N3O17S2+. The Bertz CT molecular complexity index is 2700. The van der Waals surface area contributed by atoms with E-state index >= 15 is 0 Å². The molecule has 0 bridgehead atoms. The predicted octanol–water partition coefficient (Wildman–Crippen LogP) is 5.05. The maximum atomic E-state index is 13.0. The average molecular weight is 1050 g/mol. The fourth-order valence-corrected chi connectivity index (χ4v) is 9.31. The van der Waals surface area contributed by atoms with Gasteiger partial charge in [-0.05, 0) is 85.2 Å². The van der Waals surface area contributed by atoms with E-state index in [4.69, 9.17) is 37.7 Å². The van der Waals surface area contributed by atoms with E-state index in [2.05, 4.69) is 25.3 Å². The number of aromatic nitrogens is 1. The van der Waals surface area contributed by atoms with Gasteiger partial charge in [-0.3, -0.25) is 9.11 Å². The van der Waals surface area contributed by atoms with Crippen LogP contribution in [0.2, 0.25) is 0 Å². The zero-order valence-electron chi connectivity index (χ0n) is 41.9. The van der Waals surface area contributed by atoms with Crippen molar-refractivity contribution < 1.29 is 78.6 Å². The van der Waals surface area contributed by atoms with Gasteiger partial charge in [0.15, 0.2) is 13.1 Å². The van der Waals surface area contributed by atoms with Crippen LogP contribution >= 0.6 is 0 Å². The predicted molar refractivity (Wildman–Crippen MR) is 268 cm³/mol. The number of fused-ring (bicyclic) bond motifs is 2. The lowest BCUT2D eigenvalue weighted by Crippen LogP contribution is -2.36. The Hall–Kier alpha value is -5.14. The molecule has 1 aromatic heterocycles. The molecule has 3 aliphatic rings. The maximum Gasteiger partial charge on any atom is 0.333 e. The Morgan fingerprint density at radius 1 is 0.778 bits per heavy atom. The molecule has 72 heavy (non-hydrogen) atoms. The monoisotopic (exact) mass is 1050 g/mol. The number of allylic oxidation sites excluding steroid dienone is 3. The summed E-state index contributed by atoms with van der Waals surface area (Å²) in [4.78, 5) is 19.6. The van der Waals surface area contributed by atoms with Crippen LogP contribution in [0.1, 0.15) is 70.3 Å². The zero-order valence-corrected chi connectivity index (χ0v) is 43.5. The van der Waals surface area contributed by atoms with Crippen molar-refractivity contribution in [2.24, 2.45) is 0 Å². The van der Waals surface area contributed by atoms with E-state index in [1.165, 1.54) is 18.2 Å². The largest absolute Gasteiger partial charge is 0.492 e. The van der Waals surface area contributed by atoms with Gasteiger partial charge in [-0.15, -0.1) is 4.73 Å². The Balaban J connectivity index is 1.53. The van der Waals surface area contributed by atoms with Crippen molar-refractivity contribution in [1.82, 2.24) is 9.31 Å². The summed E-state index contributed by atoms with van der Waals surface area (Å²) in [5.74, 6) is -1.18. The number of nitrogens with zero attached hydrogens (tertiary/aromatic N) is 3. The standard InChI is InChI=1S/C50H69N3O17S2/c1-49(2,3)41-35-38(69-44-34-37(13-15-40(41)44)51(21-23-65-29-31-67-27-25-63-5)22-24-66-30-32-68-28-26-64-6)10-7-11-45-50(4,19-8-12-48(56)70-53-46(54)17-18-47(53)55)42-36-39(72(60,61)62)14-16-43(42)52(45)20-9-33-71(57,58)59/h7,10-11,13-18,34-36H,8-9,12,19-33H2,1-6H3,(H3-,54,55,57,58,59,60,61,62)/p+1. The molecule has 2 aliphatic heterocycles. The summed E-state index contributed by atoms with van der Waals surface area (Å²) in [6, 6.07) is 14.5. The van der Waals surface area contributed by atoms with Gasteiger partial charge in [-0.25, -0.2) is 9.37 Å². The molecule has 22 heteroatoms. The van der Waals surface area contributed by atoms with Gasteiger partial charge < -0.3 is 52.8 Å². The molecule has 5 rings (SSSR count). The number of hydrogen-bond acceptors (Lipinski definition) is 16. The zero-order chi connectivity index (χ0) is 52.5. The van der Waals surface area contributed by atoms with E-state index in [-0.39, 0.29) is 42.5 Å². The lowest BCUT2D eigenvalue weighted by atomic mass is 9.77. The number of anilines is 1. The lowest BCUT2D eigenvalue weighted by molar-refractivity contribution is -0.145. The van der Waals surface area contributed by atoms with Crippen molar-refractivity contribution in [1.29, 1.82) is 0 Å². The first kappa shape index (κ1) is 57.8. The Labute approximate surface area is 421 Å². The van der Waals surface area contributed by atoms with Crippen molar-refractivity contribution in [2.45, 2.75) is 69.1 Å². The number of carbonyl (C=O) groups is 1. The molecule has 0 saturated carbocycles. The van der Waals surface area contributed by atoms with Gasteiger partial charge in [0.2, 0.25) is 17.1 Å². The summed E-state index contributed by atoms with van der Waals surface area (Å²) in [6.07, 6.45) is 5.52. The molecule has 0 saturated heterocycles. The molecule has 0 radical (unpaired) electrons. The number of aromatic hydroxyl groups is 2. The first-order valence-corrected chi connectivity index (χ1v) is 26.7. The van der Waals surface area contributed by atoms with Crippen LogP contribution < -0.4 is 19.7 Å². The lowest BCUT2D eigenvalue weighted by Gasteiger charge is -2.30. The molecule has 1 atom stereocenters. The number of hydrogen-bond donors (Lipinski definition) is 4. The van der Waals surface area contributed by atoms with Gasteiger partial charge in [0.05, 0.1) is 69.6 Å². The van der Waals surface area contributed by atoms with E-state index in [9.17, 15) is 40.9 Å². The fraction of sp³-hybridized carbons (Fsp3) is 0.520. The van der Waals surface area contributed by atoms with Gasteiger partial charge in [-0.1, -0.05) is 26.8 Å². The Kier molecular flexibility index (Phi) is 21.4. The maximum absolute atomic E-state index is 13.0. The van der Waals surface area contributed by atoms with E-state index in [0.29, 0.717) is 112 Å². The normalized spacial score (nSPS) is 15.8. The molecule has 1 aromatic carbocycles. The van der Waals surface area contributed by atoms with Crippen molar-refractivity contribution in [3.05, 3.63) is 94.7 Å². The van der Waals surface area contributed by atoms with Crippen LogP contribution in [-0.2, 0) is 64.3 Å². The fourth-order valence-electron chi connectivity index (χ4n) is 8.31. The van der Waals surface area contributed by atoms with Crippen molar-refractivity contribution in [3.8, 4) is 23.1 Å². The number of ether oxygens (including phenoxy) is 6. The first-order chi connectivity index (χ1) is 34.2. The molecule has 4 N–H and O–H groups in total. The summed E-state index contributed by atoms with van der Waals surface area (Å²) < 4.78 is 111. The number of methoxy groups -OCH3 is 2. The third kappa shape index (κ3) is 16.7. The summed E-state index contributed by atoms with van der Waals surface area (Å²) >= 11 is 0. The molecule has 2 aromatic rings. The van der Waals surface area contributed by atoms with Crippen LogP contribution in [0.3, 0.4) is 0 Å². The molecule has 1 aliphatic carbocycles. The third-order valence-electron chi connectivity index (χ3n) is 11.9. The van der Waals surface area contributed by atoms with E-state index < -0.39 is 49.1 Å². The van der Waals surface area contributed by atoms with Crippen molar-refractivity contribution >= 4 is 38.0 Å². The second-order valence-corrected chi connectivity index (χ2v) is 21.3. The van der Waals surface area contributed by atoms with Crippen LogP contribution in [-0.4, -0.2) is 153 Å². The minimum atomic E-state index is -4.67. The van der Waals surface area contributed by atoms with Crippen molar-refractivity contribution in [3.63, 3.8) is 0 Å². The molecule has 20 nitrogen and oxygen atoms in total. The van der Waals surface area contributed by atoms with Crippen LogP contribution in [0.4, 0.5) is 5.69 Å². The number of benzene rings is 2. The van der Waals surface area contributed by atoms with Gasteiger partial charge in [0.1, 0.15) is 24.7 Å². The van der Waals surface area contributed by atoms with Gasteiger partial charge in [0.25, 0.3) is 20.2 Å². The molecule has 0 fully saturated rings. The highest BCUT2D eigenvalue weighted by Gasteiger charge is 2.44. The Morgan fingerprint density at radius 3 is 1.94 bits per heavy atom. The average Bonchev–Trinajstić information content (AvgIpc) is 3.75. The van der Waals surface area contributed by atoms with Crippen LogP contribution in [0.15, 0.2) is 81.8 Å². The topological polar surface area (TPSA) is 255 Å². The highest BCUT2D eigenvalue weighted by atomic mass is 32.2. The minimum Gasteiger partial charge on any atom is -0.492 e. The highest BCUT2D eigenvalue weighted by Crippen LogP contribution is 2.51. The third-order valence-corrected chi connectivity index (χ3v) is 13.6. The number of rotatable bonds is 30. The van der Waals surface area contributed by atoms with Gasteiger partial charge >= 0.3 is 5.97 Å². The molecule has 3 heterocycles.